The van der Waals surface area contributed by atoms with Crippen molar-refractivity contribution in [2.75, 3.05) is 7.11 Å². The van der Waals surface area contributed by atoms with E-state index in [4.69, 9.17) is 9.15 Å². The first-order chi connectivity index (χ1) is 19.5. The number of carbonyl (C=O) groups excluding carboxylic acids is 1. The Balaban J connectivity index is 1.41. The number of fused-ring (bicyclic) bond motifs is 1. The summed E-state index contributed by atoms with van der Waals surface area (Å²) in [6, 6.07) is 23.7. The van der Waals surface area contributed by atoms with Crippen molar-refractivity contribution in [3.05, 3.63) is 113 Å². The van der Waals surface area contributed by atoms with Gasteiger partial charge in [-0.1, -0.05) is 62.1 Å². The van der Waals surface area contributed by atoms with Crippen molar-refractivity contribution in [2.45, 2.75) is 64.7 Å². The molecule has 4 heteroatoms. The first-order valence-corrected chi connectivity index (χ1v) is 14.6. The molecular weight excluding hydrogens is 499 g/mol. The number of hydrogen-bond acceptors (Lipinski definition) is 3. The number of Topliss-reactive ketones (excluding diaryl/α,β-unsaturated/α-hetero) is 1. The molecule has 0 amide bonds. The average Bonchev–Trinajstić information content (AvgIpc) is 3.51. The number of rotatable bonds is 6. The van der Waals surface area contributed by atoms with Gasteiger partial charge in [-0.15, -0.1) is 0 Å². The minimum absolute atomic E-state index is 0.0882. The molecule has 1 aromatic heterocycles. The maximum Gasteiger partial charge on any atom is 0.166 e. The lowest BCUT2D eigenvalue weighted by Gasteiger charge is -2.23. The molecule has 1 aliphatic rings. The Hall–Kier alpha value is -3.66. The third-order valence-electron chi connectivity index (χ3n) is 8.41. The Morgan fingerprint density at radius 2 is 1.68 bits per heavy atom. The molecule has 0 fully saturated rings. The zero-order valence-corrected chi connectivity index (χ0v) is 23.6. The maximum atomic E-state index is 14.1. The molecule has 2 unspecified atom stereocenters. The lowest BCUT2D eigenvalue weighted by molar-refractivity contribution is 0.0907. The zero-order chi connectivity index (χ0) is 27.9. The molecule has 5 rings (SSSR count). The van der Waals surface area contributed by atoms with E-state index in [9.17, 15) is 9.18 Å². The Morgan fingerprint density at radius 1 is 0.875 bits per heavy atom. The van der Waals surface area contributed by atoms with Gasteiger partial charge in [0.1, 0.15) is 17.3 Å². The van der Waals surface area contributed by atoms with Crippen molar-refractivity contribution in [1.82, 2.24) is 0 Å². The zero-order valence-electron chi connectivity index (χ0n) is 23.6. The highest BCUT2D eigenvalue weighted by molar-refractivity contribution is 5.99. The third kappa shape index (κ3) is 6.91. The van der Waals surface area contributed by atoms with Gasteiger partial charge in [0.15, 0.2) is 5.78 Å². The molecule has 0 saturated heterocycles. The van der Waals surface area contributed by atoms with E-state index in [1.54, 1.807) is 19.4 Å². The van der Waals surface area contributed by atoms with Gasteiger partial charge in [-0.25, -0.2) is 4.39 Å². The summed E-state index contributed by atoms with van der Waals surface area (Å²) in [5.41, 5.74) is 6.05. The molecule has 2 atom stereocenters. The van der Waals surface area contributed by atoms with Crippen LogP contribution in [0.15, 0.2) is 83.5 Å². The van der Waals surface area contributed by atoms with Crippen molar-refractivity contribution in [3.8, 4) is 17.1 Å². The summed E-state index contributed by atoms with van der Waals surface area (Å²) >= 11 is 0. The number of ether oxygens (including phenoxy) is 1. The summed E-state index contributed by atoms with van der Waals surface area (Å²) in [5.74, 6) is 2.18. The van der Waals surface area contributed by atoms with Crippen LogP contribution >= 0.6 is 0 Å². The fraction of sp³-hybridized carbons (Fsp3) is 0.361. The van der Waals surface area contributed by atoms with Crippen LogP contribution in [-0.2, 0) is 19.3 Å². The molecular formula is C36H39FO3. The van der Waals surface area contributed by atoms with E-state index in [1.165, 1.54) is 5.56 Å². The van der Waals surface area contributed by atoms with Crippen LogP contribution in [0.25, 0.3) is 11.3 Å². The quantitative estimate of drug-likeness (QED) is 0.246. The van der Waals surface area contributed by atoms with Crippen molar-refractivity contribution < 1.29 is 18.3 Å². The van der Waals surface area contributed by atoms with E-state index < -0.39 is 0 Å². The molecule has 4 aromatic rings. The molecule has 0 spiro atoms. The molecule has 0 N–H and O–H groups in total. The highest BCUT2D eigenvalue weighted by Gasteiger charge is 2.25. The highest BCUT2D eigenvalue weighted by Crippen LogP contribution is 2.31. The lowest BCUT2D eigenvalue weighted by Crippen LogP contribution is -2.20. The van der Waals surface area contributed by atoms with Gasteiger partial charge < -0.3 is 9.15 Å². The molecule has 0 radical (unpaired) electrons. The first-order valence-electron chi connectivity index (χ1n) is 14.6. The van der Waals surface area contributed by atoms with Crippen LogP contribution < -0.4 is 4.74 Å². The fourth-order valence-corrected chi connectivity index (χ4v) is 6.15. The Bertz CT molecular complexity index is 1400. The number of methoxy groups -OCH3 is 1. The van der Waals surface area contributed by atoms with E-state index in [0.29, 0.717) is 17.9 Å². The van der Waals surface area contributed by atoms with E-state index in [-0.39, 0.29) is 17.5 Å². The lowest BCUT2D eigenvalue weighted by atomic mass is 9.81. The van der Waals surface area contributed by atoms with Crippen molar-refractivity contribution in [2.24, 2.45) is 11.8 Å². The van der Waals surface area contributed by atoms with E-state index in [2.05, 4.69) is 18.2 Å². The van der Waals surface area contributed by atoms with Crippen LogP contribution in [0.3, 0.4) is 0 Å². The smallest absolute Gasteiger partial charge is 0.166 e. The number of carbonyl (C=O) groups is 1. The summed E-state index contributed by atoms with van der Waals surface area (Å²) in [6.07, 6.45) is 10.4. The van der Waals surface area contributed by atoms with Crippen LogP contribution in [-0.4, -0.2) is 12.9 Å². The Labute approximate surface area is 237 Å². The predicted molar refractivity (Wildman–Crippen MR) is 158 cm³/mol. The second kappa shape index (κ2) is 13.1. The topological polar surface area (TPSA) is 39.4 Å². The van der Waals surface area contributed by atoms with Crippen molar-refractivity contribution in [3.63, 3.8) is 0 Å². The third-order valence-corrected chi connectivity index (χ3v) is 8.41. The van der Waals surface area contributed by atoms with Crippen LogP contribution in [0.2, 0.25) is 0 Å². The van der Waals surface area contributed by atoms with Crippen LogP contribution in [0.1, 0.15) is 71.1 Å². The molecule has 3 aromatic carbocycles. The van der Waals surface area contributed by atoms with Crippen LogP contribution in [0.5, 0.6) is 5.75 Å². The number of ketones is 1. The summed E-state index contributed by atoms with van der Waals surface area (Å²) < 4.78 is 24.9. The molecule has 0 bridgehead atoms. The molecule has 1 heterocycles. The standard InChI is InChI=1S/C36H39FO3/c1-25-21-28(14-19-34(25)37)22-26-7-3-4-9-29-24-30(35-11-6-20-40-35)15-18-33(29)36(38)31(10-5-8-26)23-27-12-16-32(39-2)17-13-27/h6,11-21,24,26,31H,3-5,7-10,22-23H2,1-2H3. The summed E-state index contributed by atoms with van der Waals surface area (Å²) in [5, 5.41) is 0. The van der Waals surface area contributed by atoms with Gasteiger partial charge in [-0.05, 0) is 104 Å². The second-order valence-corrected chi connectivity index (χ2v) is 11.3. The van der Waals surface area contributed by atoms with Gasteiger partial charge in [0.25, 0.3) is 0 Å². The number of halogens is 1. The Kier molecular flexibility index (Phi) is 9.15. The second-order valence-electron chi connectivity index (χ2n) is 11.3. The first kappa shape index (κ1) is 27.9. The number of furan rings is 1. The molecule has 1 aliphatic carbocycles. The van der Waals surface area contributed by atoms with Gasteiger partial charge in [-0.3, -0.25) is 4.79 Å². The largest absolute Gasteiger partial charge is 0.497 e. The van der Waals surface area contributed by atoms with Gasteiger partial charge in [-0.2, -0.15) is 0 Å². The molecule has 40 heavy (non-hydrogen) atoms. The molecule has 0 aliphatic heterocycles. The SMILES string of the molecule is COc1ccc(CC2CCCC(Cc3ccc(F)c(C)c3)CCCCc3cc(-c4ccco4)ccc3C2=O)cc1. The number of aryl methyl sites for hydroxylation is 2. The summed E-state index contributed by atoms with van der Waals surface area (Å²) in [7, 11) is 1.67. The fourth-order valence-electron chi connectivity index (χ4n) is 6.15. The molecule has 0 saturated carbocycles. The van der Waals surface area contributed by atoms with Gasteiger partial charge in [0, 0.05) is 17.0 Å². The minimum Gasteiger partial charge on any atom is -0.497 e. The van der Waals surface area contributed by atoms with Gasteiger partial charge in [0.2, 0.25) is 0 Å². The summed E-state index contributed by atoms with van der Waals surface area (Å²) in [6.45, 7) is 1.84. The average molecular weight is 539 g/mol. The predicted octanol–water partition coefficient (Wildman–Crippen LogP) is 9.20. The number of hydrogen-bond donors (Lipinski definition) is 0. The normalized spacial score (nSPS) is 18.4. The Morgan fingerprint density at radius 3 is 2.42 bits per heavy atom. The maximum absolute atomic E-state index is 14.1. The van der Waals surface area contributed by atoms with E-state index in [0.717, 1.165) is 85.1 Å². The van der Waals surface area contributed by atoms with Crippen LogP contribution in [0, 0.1) is 24.6 Å². The molecule has 208 valence electrons. The summed E-state index contributed by atoms with van der Waals surface area (Å²) in [4.78, 5) is 14.1. The number of benzene rings is 3. The minimum atomic E-state index is -0.144. The van der Waals surface area contributed by atoms with Crippen molar-refractivity contribution >= 4 is 5.78 Å². The van der Waals surface area contributed by atoms with E-state index in [1.807, 2.05) is 55.5 Å². The van der Waals surface area contributed by atoms with E-state index >= 15 is 0 Å². The van der Waals surface area contributed by atoms with Crippen LogP contribution in [0.4, 0.5) is 4.39 Å². The molecule has 3 nitrogen and oxygen atoms in total. The van der Waals surface area contributed by atoms with Gasteiger partial charge in [0.05, 0.1) is 13.4 Å². The monoisotopic (exact) mass is 538 g/mol. The van der Waals surface area contributed by atoms with Gasteiger partial charge >= 0.3 is 0 Å². The van der Waals surface area contributed by atoms with Crippen molar-refractivity contribution in [1.29, 1.82) is 0 Å². The highest BCUT2D eigenvalue weighted by atomic mass is 19.1.